The van der Waals surface area contributed by atoms with Crippen LogP contribution in [0.2, 0.25) is 0 Å². The van der Waals surface area contributed by atoms with Crippen molar-refractivity contribution in [3.05, 3.63) is 42.1 Å². The van der Waals surface area contributed by atoms with Crippen LogP contribution in [0.25, 0.3) is 0 Å². The first-order valence-corrected chi connectivity index (χ1v) is 7.77. The molecule has 22 heavy (non-hydrogen) atoms. The summed E-state index contributed by atoms with van der Waals surface area (Å²) >= 11 is 0. The molecule has 6 heteroatoms. The lowest BCUT2D eigenvalue weighted by Gasteiger charge is -2.36. The SMILES string of the molecule is CCN1CCN(c2ccc(C3(N)N=C(N)C=CN3)cc2)CC1. The van der Waals surface area contributed by atoms with E-state index in [2.05, 4.69) is 39.2 Å². The number of aliphatic imine (C=N–C) groups is 1. The number of amidine groups is 1. The Morgan fingerprint density at radius 3 is 2.45 bits per heavy atom. The van der Waals surface area contributed by atoms with Crippen molar-refractivity contribution in [1.82, 2.24) is 10.2 Å². The lowest BCUT2D eigenvalue weighted by atomic mass is 10.1. The van der Waals surface area contributed by atoms with Gasteiger partial charge in [0.15, 0.2) is 0 Å². The summed E-state index contributed by atoms with van der Waals surface area (Å²) in [7, 11) is 0. The van der Waals surface area contributed by atoms with Crippen LogP contribution in [0, 0.1) is 0 Å². The molecule has 2 aliphatic rings. The fourth-order valence-electron chi connectivity index (χ4n) is 2.92. The van der Waals surface area contributed by atoms with Crippen molar-refractivity contribution < 1.29 is 0 Å². The number of anilines is 1. The molecule has 1 unspecified atom stereocenters. The Labute approximate surface area is 131 Å². The molecule has 0 saturated carbocycles. The fourth-order valence-corrected chi connectivity index (χ4v) is 2.92. The molecule has 6 nitrogen and oxygen atoms in total. The van der Waals surface area contributed by atoms with Gasteiger partial charge in [0.05, 0.1) is 0 Å². The number of nitrogens with two attached hydrogens (primary N) is 2. The average molecular weight is 300 g/mol. The summed E-state index contributed by atoms with van der Waals surface area (Å²) in [6.45, 7) is 7.70. The highest BCUT2D eigenvalue weighted by atomic mass is 15.3. The van der Waals surface area contributed by atoms with E-state index in [9.17, 15) is 0 Å². The van der Waals surface area contributed by atoms with Crippen LogP contribution in [0.1, 0.15) is 12.5 Å². The molecule has 0 bridgehead atoms. The second-order valence-corrected chi connectivity index (χ2v) is 5.75. The molecule has 118 valence electrons. The third-order valence-electron chi connectivity index (χ3n) is 4.35. The summed E-state index contributed by atoms with van der Waals surface area (Å²) in [5.74, 6) is -0.542. The van der Waals surface area contributed by atoms with Gasteiger partial charge in [0.25, 0.3) is 0 Å². The van der Waals surface area contributed by atoms with Crippen molar-refractivity contribution in [3.8, 4) is 0 Å². The molecule has 3 rings (SSSR count). The number of rotatable bonds is 3. The van der Waals surface area contributed by atoms with E-state index >= 15 is 0 Å². The van der Waals surface area contributed by atoms with Gasteiger partial charge in [-0.15, -0.1) is 0 Å². The van der Waals surface area contributed by atoms with Crippen LogP contribution >= 0.6 is 0 Å². The van der Waals surface area contributed by atoms with Gasteiger partial charge in [-0.3, -0.25) is 5.73 Å². The maximum Gasteiger partial charge on any atom is 0.211 e. The van der Waals surface area contributed by atoms with Crippen LogP contribution in [-0.2, 0) is 5.79 Å². The third-order valence-corrected chi connectivity index (χ3v) is 4.35. The number of piperazine rings is 1. The molecule has 1 fully saturated rings. The summed E-state index contributed by atoms with van der Waals surface area (Å²) in [4.78, 5) is 9.18. The zero-order chi connectivity index (χ0) is 15.6. The Hall–Kier alpha value is -2.05. The molecular weight excluding hydrogens is 276 g/mol. The Bertz CT molecular complexity index is 571. The van der Waals surface area contributed by atoms with E-state index in [0.29, 0.717) is 5.84 Å². The molecular formula is C16H24N6. The molecule has 5 N–H and O–H groups in total. The Balaban J connectivity index is 1.72. The molecule has 0 radical (unpaired) electrons. The van der Waals surface area contributed by atoms with E-state index in [4.69, 9.17) is 11.5 Å². The number of hydrogen-bond acceptors (Lipinski definition) is 6. The van der Waals surface area contributed by atoms with E-state index in [0.717, 1.165) is 38.3 Å². The second kappa shape index (κ2) is 5.98. The van der Waals surface area contributed by atoms with Crippen LogP contribution in [0.15, 0.2) is 41.5 Å². The quantitative estimate of drug-likeness (QED) is 0.751. The summed E-state index contributed by atoms with van der Waals surface area (Å²) in [5.41, 5.74) is 14.2. The van der Waals surface area contributed by atoms with Crippen molar-refractivity contribution in [2.45, 2.75) is 12.7 Å². The first kappa shape index (κ1) is 14.9. The fraction of sp³-hybridized carbons (Fsp3) is 0.438. The summed E-state index contributed by atoms with van der Waals surface area (Å²) in [6, 6.07) is 8.25. The molecule has 0 aliphatic carbocycles. The third kappa shape index (κ3) is 2.93. The Morgan fingerprint density at radius 2 is 1.86 bits per heavy atom. The van der Waals surface area contributed by atoms with Gasteiger partial charge < -0.3 is 20.9 Å². The minimum Gasteiger partial charge on any atom is -0.384 e. The van der Waals surface area contributed by atoms with E-state index in [1.54, 1.807) is 12.3 Å². The topological polar surface area (TPSA) is 82.9 Å². The number of likely N-dealkylation sites (N-methyl/N-ethyl adjacent to an activating group) is 1. The number of hydrogen-bond donors (Lipinski definition) is 3. The minimum atomic E-state index is -0.974. The monoisotopic (exact) mass is 300 g/mol. The zero-order valence-electron chi connectivity index (χ0n) is 13.0. The predicted octanol–water partition coefficient (Wildman–Crippen LogP) is 0.372. The first-order valence-electron chi connectivity index (χ1n) is 7.77. The van der Waals surface area contributed by atoms with Gasteiger partial charge in [-0.2, -0.15) is 0 Å². The number of nitrogens with one attached hydrogen (secondary N) is 1. The smallest absolute Gasteiger partial charge is 0.211 e. The number of benzene rings is 1. The lowest BCUT2D eigenvalue weighted by Crippen LogP contribution is -2.49. The van der Waals surface area contributed by atoms with E-state index in [-0.39, 0.29) is 0 Å². The highest BCUT2D eigenvalue weighted by molar-refractivity contribution is 5.92. The van der Waals surface area contributed by atoms with Crippen LogP contribution in [0.5, 0.6) is 0 Å². The Kier molecular flexibility index (Phi) is 4.04. The van der Waals surface area contributed by atoms with E-state index in [1.807, 2.05) is 12.1 Å². The molecule has 1 aromatic rings. The zero-order valence-corrected chi connectivity index (χ0v) is 13.0. The van der Waals surface area contributed by atoms with Crippen LogP contribution in [0.4, 0.5) is 5.69 Å². The maximum absolute atomic E-state index is 6.29. The lowest BCUT2D eigenvalue weighted by molar-refractivity contribution is 0.271. The van der Waals surface area contributed by atoms with Crippen molar-refractivity contribution in [3.63, 3.8) is 0 Å². The van der Waals surface area contributed by atoms with Crippen molar-refractivity contribution in [2.24, 2.45) is 16.5 Å². The summed E-state index contributed by atoms with van der Waals surface area (Å²) < 4.78 is 0. The molecule has 1 aromatic carbocycles. The molecule has 0 aromatic heterocycles. The first-order chi connectivity index (χ1) is 10.6. The van der Waals surface area contributed by atoms with Crippen LogP contribution in [-0.4, -0.2) is 43.5 Å². The van der Waals surface area contributed by atoms with Gasteiger partial charge in [0, 0.05) is 43.6 Å². The maximum atomic E-state index is 6.29. The largest absolute Gasteiger partial charge is 0.384 e. The van der Waals surface area contributed by atoms with E-state index in [1.165, 1.54) is 5.69 Å². The molecule has 2 aliphatic heterocycles. The van der Waals surface area contributed by atoms with E-state index < -0.39 is 5.79 Å². The van der Waals surface area contributed by atoms with Crippen LogP contribution in [0.3, 0.4) is 0 Å². The second-order valence-electron chi connectivity index (χ2n) is 5.75. The van der Waals surface area contributed by atoms with Gasteiger partial charge in [0.1, 0.15) is 5.84 Å². The molecule has 0 amide bonds. The number of nitrogens with zero attached hydrogens (tertiary/aromatic N) is 3. The van der Waals surface area contributed by atoms with Gasteiger partial charge in [-0.1, -0.05) is 19.1 Å². The summed E-state index contributed by atoms with van der Waals surface area (Å²) in [6.07, 6.45) is 3.44. The summed E-state index contributed by atoms with van der Waals surface area (Å²) in [5, 5.41) is 3.06. The predicted molar refractivity (Wildman–Crippen MR) is 90.5 cm³/mol. The van der Waals surface area contributed by atoms with Gasteiger partial charge in [-0.25, -0.2) is 4.99 Å². The van der Waals surface area contributed by atoms with Crippen molar-refractivity contribution >= 4 is 11.5 Å². The van der Waals surface area contributed by atoms with Crippen molar-refractivity contribution in [1.29, 1.82) is 0 Å². The Morgan fingerprint density at radius 1 is 1.18 bits per heavy atom. The van der Waals surface area contributed by atoms with Gasteiger partial charge >= 0.3 is 0 Å². The normalized spacial score (nSPS) is 25.7. The van der Waals surface area contributed by atoms with Gasteiger partial charge in [0.2, 0.25) is 5.79 Å². The minimum absolute atomic E-state index is 0.431. The van der Waals surface area contributed by atoms with Crippen molar-refractivity contribution in [2.75, 3.05) is 37.6 Å². The van der Waals surface area contributed by atoms with Crippen LogP contribution < -0.4 is 21.7 Å². The molecule has 1 atom stereocenters. The average Bonchev–Trinajstić information content (AvgIpc) is 2.55. The molecule has 1 saturated heterocycles. The highest BCUT2D eigenvalue weighted by Gasteiger charge is 2.27. The standard InChI is InChI=1S/C16H24N6/c1-2-21-9-11-22(12-10-21)14-5-3-13(4-6-14)16(18)19-8-7-15(17)20-16/h3-8,19H,2,9-12,18H2,1H3,(H2,17,20). The molecule has 2 heterocycles. The highest BCUT2D eigenvalue weighted by Crippen LogP contribution is 2.23. The van der Waals surface area contributed by atoms with Gasteiger partial charge in [-0.05, 0) is 24.8 Å². The molecule has 0 spiro atoms.